The Morgan fingerprint density at radius 1 is 0.897 bits per heavy atom. The third-order valence-corrected chi connectivity index (χ3v) is 6.10. The first-order chi connectivity index (χ1) is 14.1. The van der Waals surface area contributed by atoms with E-state index >= 15 is 0 Å². The molecule has 0 aliphatic carbocycles. The van der Waals surface area contributed by atoms with E-state index in [0.29, 0.717) is 8.58 Å². The molecule has 152 valence electrons. The molecule has 0 aliphatic heterocycles. The van der Waals surface area contributed by atoms with E-state index in [4.69, 9.17) is 9.47 Å². The van der Waals surface area contributed by atoms with Crippen molar-refractivity contribution >= 4 is 13.9 Å². The van der Waals surface area contributed by atoms with Gasteiger partial charge < -0.3 is 19.9 Å². The fourth-order valence-electron chi connectivity index (χ4n) is 3.21. The Bertz CT molecular complexity index is 895. The minimum atomic E-state index is -0.529. The zero-order valence-electron chi connectivity index (χ0n) is 17.1. The van der Waals surface area contributed by atoms with E-state index < -0.39 is 6.10 Å². The highest BCUT2D eigenvalue weighted by molar-refractivity contribution is 7.47. The second-order valence-electron chi connectivity index (χ2n) is 6.85. The van der Waals surface area contributed by atoms with Gasteiger partial charge in [0.05, 0.1) is 20.3 Å². The average molecular weight is 409 g/mol. The minimum absolute atomic E-state index is 0.0334. The zero-order valence-corrected chi connectivity index (χ0v) is 18.1. The molecule has 0 spiro atoms. The molecule has 2 N–H and O–H groups in total. The smallest absolute Gasteiger partial charge is 0.123 e. The van der Waals surface area contributed by atoms with Crippen LogP contribution in [0.4, 0.5) is 0 Å². The summed E-state index contributed by atoms with van der Waals surface area (Å²) >= 11 is 0. The summed E-state index contributed by atoms with van der Waals surface area (Å²) in [4.78, 5) is 0. The minimum Gasteiger partial charge on any atom is -0.497 e. The Labute approximate surface area is 174 Å². The van der Waals surface area contributed by atoms with Gasteiger partial charge in [-0.1, -0.05) is 63.2 Å². The molecule has 3 rings (SSSR count). The van der Waals surface area contributed by atoms with Crippen LogP contribution in [-0.4, -0.2) is 31.7 Å². The monoisotopic (exact) mass is 409 g/mol. The van der Waals surface area contributed by atoms with Crippen LogP contribution in [0.2, 0.25) is 0 Å². The summed E-state index contributed by atoms with van der Waals surface area (Å²) in [6.45, 7) is 2.01. The van der Waals surface area contributed by atoms with E-state index in [0.717, 1.165) is 28.9 Å². The van der Waals surface area contributed by atoms with Crippen molar-refractivity contribution in [2.24, 2.45) is 0 Å². The van der Waals surface area contributed by atoms with Crippen molar-refractivity contribution in [3.8, 4) is 22.6 Å². The van der Waals surface area contributed by atoms with Crippen LogP contribution in [0.5, 0.6) is 11.5 Å². The predicted molar refractivity (Wildman–Crippen MR) is 122 cm³/mol. The fourth-order valence-corrected chi connectivity index (χ4v) is 4.46. The van der Waals surface area contributed by atoms with Gasteiger partial charge in [-0.05, 0) is 41.1 Å². The van der Waals surface area contributed by atoms with E-state index in [2.05, 4.69) is 23.5 Å². The Hall–Kier alpha value is -2.39. The summed E-state index contributed by atoms with van der Waals surface area (Å²) in [5, 5.41) is 15.3. The second kappa shape index (κ2) is 10.4. The molecule has 0 heterocycles. The van der Waals surface area contributed by atoms with Crippen LogP contribution >= 0.6 is 8.58 Å². The van der Waals surface area contributed by atoms with Gasteiger partial charge in [-0.25, -0.2) is 0 Å². The zero-order chi connectivity index (χ0) is 20.6. The normalized spacial score (nSPS) is 13.4. The first-order valence-electron chi connectivity index (χ1n) is 9.65. The fraction of sp³-hybridized carbons (Fsp3) is 0.250. The highest BCUT2D eigenvalue weighted by Crippen LogP contribution is 2.31. The number of methoxy groups -OCH3 is 2. The van der Waals surface area contributed by atoms with Crippen molar-refractivity contribution in [3.05, 3.63) is 78.4 Å². The number of hydrogen-bond acceptors (Lipinski definition) is 4. The lowest BCUT2D eigenvalue weighted by Gasteiger charge is -2.21. The lowest BCUT2D eigenvalue weighted by Crippen LogP contribution is -2.32. The molecule has 0 fully saturated rings. The van der Waals surface area contributed by atoms with Crippen molar-refractivity contribution in [1.82, 2.24) is 5.32 Å². The Kier molecular flexibility index (Phi) is 7.65. The van der Waals surface area contributed by atoms with Crippen molar-refractivity contribution in [2.75, 3.05) is 20.5 Å². The van der Waals surface area contributed by atoms with Gasteiger partial charge in [0.15, 0.2) is 0 Å². The van der Waals surface area contributed by atoms with Crippen LogP contribution in [0, 0.1) is 0 Å². The molecule has 2 unspecified atom stereocenters. The third kappa shape index (κ3) is 5.57. The third-order valence-electron chi connectivity index (χ3n) is 4.91. The number of hydrogen-bond donors (Lipinski definition) is 2. The summed E-state index contributed by atoms with van der Waals surface area (Å²) in [7, 11) is 3.89. The van der Waals surface area contributed by atoms with Gasteiger partial charge in [0.2, 0.25) is 0 Å². The van der Waals surface area contributed by atoms with Crippen LogP contribution in [-0.2, 0) is 0 Å². The maximum Gasteiger partial charge on any atom is 0.123 e. The van der Waals surface area contributed by atoms with Crippen LogP contribution in [0.25, 0.3) is 11.1 Å². The first kappa shape index (κ1) is 21.3. The molecule has 3 aromatic carbocycles. The molecule has 29 heavy (non-hydrogen) atoms. The maximum atomic E-state index is 10.5. The SMILES string of the molecule is COc1cc(OC)cc(-c2ccccc2PCN[C@@H](C)C(O)c2ccccc2)c1. The lowest BCUT2D eigenvalue weighted by atomic mass is 10.0. The van der Waals surface area contributed by atoms with Crippen molar-refractivity contribution in [1.29, 1.82) is 0 Å². The van der Waals surface area contributed by atoms with E-state index in [9.17, 15) is 5.11 Å². The van der Waals surface area contributed by atoms with E-state index in [1.165, 1.54) is 10.9 Å². The van der Waals surface area contributed by atoms with Gasteiger partial charge in [-0.3, -0.25) is 0 Å². The van der Waals surface area contributed by atoms with Gasteiger partial charge in [0.1, 0.15) is 11.5 Å². The number of aliphatic hydroxyl groups excluding tert-OH is 1. The van der Waals surface area contributed by atoms with Gasteiger partial charge in [0.25, 0.3) is 0 Å². The molecule has 0 bridgehead atoms. The molecule has 0 radical (unpaired) electrons. The summed E-state index contributed by atoms with van der Waals surface area (Å²) in [6, 6.07) is 24.1. The van der Waals surface area contributed by atoms with Gasteiger partial charge in [-0.15, -0.1) is 0 Å². The highest BCUT2D eigenvalue weighted by Gasteiger charge is 2.15. The molecule has 0 aliphatic rings. The van der Waals surface area contributed by atoms with Crippen LogP contribution in [0.15, 0.2) is 72.8 Å². The highest BCUT2D eigenvalue weighted by atomic mass is 31.1. The number of aliphatic hydroxyl groups is 1. The van der Waals surface area contributed by atoms with Gasteiger partial charge in [-0.2, -0.15) is 0 Å². The molecular weight excluding hydrogens is 381 g/mol. The number of benzene rings is 3. The van der Waals surface area contributed by atoms with E-state index in [1.807, 2.05) is 61.5 Å². The van der Waals surface area contributed by atoms with Crippen molar-refractivity contribution < 1.29 is 14.6 Å². The van der Waals surface area contributed by atoms with Crippen LogP contribution < -0.4 is 20.1 Å². The summed E-state index contributed by atoms with van der Waals surface area (Å²) in [5.74, 6) is 1.55. The van der Waals surface area contributed by atoms with Crippen molar-refractivity contribution in [3.63, 3.8) is 0 Å². The lowest BCUT2D eigenvalue weighted by molar-refractivity contribution is 0.139. The number of ether oxygens (including phenoxy) is 2. The molecule has 5 heteroatoms. The van der Waals surface area contributed by atoms with E-state index in [1.54, 1.807) is 14.2 Å². The topological polar surface area (TPSA) is 50.7 Å². The average Bonchev–Trinajstić information content (AvgIpc) is 2.79. The second-order valence-corrected chi connectivity index (χ2v) is 8.09. The van der Waals surface area contributed by atoms with Crippen LogP contribution in [0.3, 0.4) is 0 Å². The van der Waals surface area contributed by atoms with Crippen molar-refractivity contribution in [2.45, 2.75) is 19.1 Å². The first-order valence-corrected chi connectivity index (χ1v) is 10.9. The predicted octanol–water partition coefficient (Wildman–Crippen LogP) is 4.34. The molecule has 3 atom stereocenters. The summed E-state index contributed by atoms with van der Waals surface area (Å²) in [6.07, 6.45) is 0.266. The summed E-state index contributed by atoms with van der Waals surface area (Å²) in [5.41, 5.74) is 3.17. The Morgan fingerprint density at radius 2 is 1.52 bits per heavy atom. The molecule has 3 aromatic rings. The molecule has 0 saturated carbocycles. The van der Waals surface area contributed by atoms with E-state index in [-0.39, 0.29) is 6.04 Å². The standard InChI is InChI=1S/C24H28NO3P/c1-17(24(26)18-9-5-4-6-10-18)25-16-29-23-12-8-7-11-22(23)19-13-20(27-2)15-21(14-19)28-3/h4-15,17,24-26,29H,16H2,1-3H3/t17-,24?/m0/s1. The Balaban J connectivity index is 1.70. The van der Waals surface area contributed by atoms with Gasteiger partial charge >= 0.3 is 0 Å². The molecule has 0 aromatic heterocycles. The molecular formula is C24H28NO3P. The largest absolute Gasteiger partial charge is 0.497 e. The molecule has 0 amide bonds. The number of rotatable bonds is 9. The quantitative estimate of drug-likeness (QED) is 0.516. The van der Waals surface area contributed by atoms with Gasteiger partial charge in [0, 0.05) is 18.4 Å². The maximum absolute atomic E-state index is 10.5. The molecule has 4 nitrogen and oxygen atoms in total. The summed E-state index contributed by atoms with van der Waals surface area (Å²) < 4.78 is 10.8. The number of nitrogens with one attached hydrogen (secondary N) is 1. The van der Waals surface area contributed by atoms with Crippen LogP contribution in [0.1, 0.15) is 18.6 Å². The Morgan fingerprint density at radius 3 is 2.17 bits per heavy atom. The molecule has 0 saturated heterocycles.